The molecule has 4 heteroatoms. The third-order valence-corrected chi connectivity index (χ3v) is 3.03. The van der Waals surface area contributed by atoms with Crippen LogP contribution in [0.25, 0.3) is 22.8 Å². The maximum atomic E-state index is 5.55. The van der Waals surface area contributed by atoms with Gasteiger partial charge in [0, 0.05) is 11.1 Å². The summed E-state index contributed by atoms with van der Waals surface area (Å²) in [5.74, 6) is 1.95. The Balaban J connectivity index is 1.80. The summed E-state index contributed by atoms with van der Waals surface area (Å²) in [6, 6.07) is 17.4. The number of hydrogen-bond donors (Lipinski definition) is 0. The number of hydrogen-bond acceptors (Lipinski definition) is 4. The summed E-state index contributed by atoms with van der Waals surface area (Å²) in [5, 5.41) is 4.02. The topological polar surface area (TPSA) is 48.2 Å². The molecule has 1 aromatic heterocycles. The molecule has 0 radical (unpaired) electrons. The van der Waals surface area contributed by atoms with Gasteiger partial charge in [0.1, 0.15) is 5.75 Å². The number of aromatic nitrogens is 2. The van der Waals surface area contributed by atoms with Crippen molar-refractivity contribution >= 4 is 0 Å². The second-order valence-electron chi connectivity index (χ2n) is 4.66. The van der Waals surface area contributed by atoms with Gasteiger partial charge < -0.3 is 9.26 Å². The second-order valence-corrected chi connectivity index (χ2v) is 4.66. The molecule has 1 heterocycles. The molecule has 0 amide bonds. The molecule has 4 nitrogen and oxygen atoms in total. The minimum absolute atomic E-state index is 0.510. The lowest BCUT2D eigenvalue weighted by Crippen LogP contribution is -1.94. The summed E-state index contributed by atoms with van der Waals surface area (Å²) in [4.78, 5) is 4.42. The zero-order chi connectivity index (χ0) is 14.5. The van der Waals surface area contributed by atoms with E-state index < -0.39 is 0 Å². The van der Waals surface area contributed by atoms with E-state index in [0.29, 0.717) is 11.7 Å². The molecule has 0 fully saturated rings. The molecule has 21 heavy (non-hydrogen) atoms. The van der Waals surface area contributed by atoms with Gasteiger partial charge in [-0.15, -0.1) is 0 Å². The molecule has 3 rings (SSSR count). The fourth-order valence-electron chi connectivity index (χ4n) is 1.96. The molecule has 0 atom stereocenters. The Kier molecular flexibility index (Phi) is 3.96. The van der Waals surface area contributed by atoms with Gasteiger partial charge in [-0.1, -0.05) is 42.4 Å². The average molecular weight is 280 g/mol. The van der Waals surface area contributed by atoms with Gasteiger partial charge in [0.05, 0.1) is 6.61 Å². The van der Waals surface area contributed by atoms with Crippen LogP contribution in [0.1, 0.15) is 13.3 Å². The highest BCUT2D eigenvalue weighted by molar-refractivity contribution is 5.60. The SMILES string of the molecule is CCCOc1ccc(-c2nc(-c3ccccc3)no2)cc1. The van der Waals surface area contributed by atoms with Gasteiger partial charge in [-0.3, -0.25) is 0 Å². The zero-order valence-corrected chi connectivity index (χ0v) is 11.8. The normalized spacial score (nSPS) is 10.5. The molecule has 106 valence electrons. The molecule has 0 aliphatic rings. The highest BCUT2D eigenvalue weighted by Crippen LogP contribution is 2.24. The van der Waals surface area contributed by atoms with Crippen LogP contribution in [0.3, 0.4) is 0 Å². The predicted octanol–water partition coefficient (Wildman–Crippen LogP) is 4.19. The van der Waals surface area contributed by atoms with E-state index in [-0.39, 0.29) is 0 Å². The molecule has 0 saturated carbocycles. The number of nitrogens with zero attached hydrogens (tertiary/aromatic N) is 2. The van der Waals surface area contributed by atoms with E-state index in [0.717, 1.165) is 29.9 Å². The molecule has 0 bridgehead atoms. The average Bonchev–Trinajstić information content (AvgIpc) is 3.04. The van der Waals surface area contributed by atoms with E-state index in [1.54, 1.807) is 0 Å². The van der Waals surface area contributed by atoms with E-state index in [9.17, 15) is 0 Å². The van der Waals surface area contributed by atoms with Crippen molar-refractivity contribution in [2.75, 3.05) is 6.61 Å². The standard InChI is InChI=1S/C17H16N2O2/c1-2-12-20-15-10-8-14(9-11-15)17-18-16(19-21-17)13-6-4-3-5-7-13/h3-11H,2,12H2,1H3. The lowest BCUT2D eigenvalue weighted by molar-refractivity contribution is 0.317. The maximum Gasteiger partial charge on any atom is 0.258 e. The van der Waals surface area contributed by atoms with Crippen molar-refractivity contribution in [1.29, 1.82) is 0 Å². The van der Waals surface area contributed by atoms with E-state index in [1.807, 2.05) is 54.6 Å². The first-order valence-electron chi connectivity index (χ1n) is 6.99. The summed E-state index contributed by atoms with van der Waals surface area (Å²) in [6.07, 6.45) is 0.992. The lowest BCUT2D eigenvalue weighted by Gasteiger charge is -2.03. The minimum Gasteiger partial charge on any atom is -0.494 e. The van der Waals surface area contributed by atoms with E-state index in [4.69, 9.17) is 9.26 Å². The van der Waals surface area contributed by atoms with Crippen LogP contribution in [0.5, 0.6) is 5.75 Å². The first-order valence-corrected chi connectivity index (χ1v) is 6.99. The highest BCUT2D eigenvalue weighted by atomic mass is 16.5. The third kappa shape index (κ3) is 3.11. The maximum absolute atomic E-state index is 5.55. The summed E-state index contributed by atoms with van der Waals surface area (Å²) < 4.78 is 10.9. The smallest absolute Gasteiger partial charge is 0.258 e. The van der Waals surface area contributed by atoms with Gasteiger partial charge in [0.15, 0.2) is 0 Å². The quantitative estimate of drug-likeness (QED) is 0.703. The van der Waals surface area contributed by atoms with Crippen LogP contribution in [-0.4, -0.2) is 16.7 Å². The molecule has 3 aromatic rings. The van der Waals surface area contributed by atoms with Crippen molar-refractivity contribution < 1.29 is 9.26 Å². The lowest BCUT2D eigenvalue weighted by atomic mass is 10.2. The summed E-state index contributed by atoms with van der Waals surface area (Å²) in [5.41, 5.74) is 1.82. The Labute approximate surface area is 123 Å². The van der Waals surface area contributed by atoms with Gasteiger partial charge >= 0.3 is 0 Å². The second kappa shape index (κ2) is 6.22. The number of benzene rings is 2. The van der Waals surface area contributed by atoms with Crippen LogP contribution < -0.4 is 4.74 Å². The fourth-order valence-corrected chi connectivity index (χ4v) is 1.96. The first kappa shape index (κ1) is 13.4. The van der Waals surface area contributed by atoms with Crippen molar-refractivity contribution in [2.24, 2.45) is 0 Å². The highest BCUT2D eigenvalue weighted by Gasteiger charge is 2.10. The molecule has 0 unspecified atom stereocenters. The van der Waals surface area contributed by atoms with E-state index in [2.05, 4.69) is 17.1 Å². The fraction of sp³-hybridized carbons (Fsp3) is 0.176. The van der Waals surface area contributed by atoms with Gasteiger partial charge in [0.25, 0.3) is 5.89 Å². The third-order valence-electron chi connectivity index (χ3n) is 3.03. The molecule has 0 saturated heterocycles. The zero-order valence-electron chi connectivity index (χ0n) is 11.8. The van der Waals surface area contributed by atoms with E-state index in [1.165, 1.54) is 0 Å². The van der Waals surface area contributed by atoms with Crippen LogP contribution in [-0.2, 0) is 0 Å². The molecule has 0 aliphatic carbocycles. The van der Waals surface area contributed by atoms with E-state index >= 15 is 0 Å². The summed E-state index contributed by atoms with van der Waals surface area (Å²) in [6.45, 7) is 2.80. The Hall–Kier alpha value is -2.62. The Morgan fingerprint density at radius 1 is 0.952 bits per heavy atom. The van der Waals surface area contributed by atoms with Crippen LogP contribution in [0, 0.1) is 0 Å². The largest absolute Gasteiger partial charge is 0.494 e. The molecule has 2 aromatic carbocycles. The van der Waals surface area contributed by atoms with Crippen molar-refractivity contribution in [3.63, 3.8) is 0 Å². The first-order chi connectivity index (χ1) is 10.4. The Bertz CT molecular complexity index is 690. The molecular weight excluding hydrogens is 264 g/mol. The predicted molar refractivity (Wildman–Crippen MR) is 81.0 cm³/mol. The van der Waals surface area contributed by atoms with Gasteiger partial charge in [0.2, 0.25) is 5.82 Å². The van der Waals surface area contributed by atoms with Crippen molar-refractivity contribution in [2.45, 2.75) is 13.3 Å². The molecular formula is C17H16N2O2. The molecule has 0 spiro atoms. The van der Waals surface area contributed by atoms with Crippen molar-refractivity contribution in [3.05, 3.63) is 54.6 Å². The minimum atomic E-state index is 0.510. The van der Waals surface area contributed by atoms with Gasteiger partial charge in [-0.25, -0.2) is 0 Å². The van der Waals surface area contributed by atoms with Crippen LogP contribution in [0.15, 0.2) is 59.1 Å². The van der Waals surface area contributed by atoms with Crippen molar-refractivity contribution in [3.8, 4) is 28.6 Å². The summed E-state index contributed by atoms with van der Waals surface area (Å²) >= 11 is 0. The summed E-state index contributed by atoms with van der Waals surface area (Å²) in [7, 11) is 0. The van der Waals surface area contributed by atoms with Crippen LogP contribution in [0.4, 0.5) is 0 Å². The van der Waals surface area contributed by atoms with Crippen LogP contribution >= 0.6 is 0 Å². The van der Waals surface area contributed by atoms with Crippen LogP contribution in [0.2, 0.25) is 0 Å². The molecule has 0 aliphatic heterocycles. The monoisotopic (exact) mass is 280 g/mol. The number of ether oxygens (including phenoxy) is 1. The van der Waals surface area contributed by atoms with Gasteiger partial charge in [-0.05, 0) is 30.7 Å². The number of rotatable bonds is 5. The molecule has 0 N–H and O–H groups in total. The Morgan fingerprint density at radius 3 is 2.43 bits per heavy atom. The van der Waals surface area contributed by atoms with Gasteiger partial charge in [-0.2, -0.15) is 4.98 Å². The van der Waals surface area contributed by atoms with Crippen molar-refractivity contribution in [1.82, 2.24) is 10.1 Å². The Morgan fingerprint density at radius 2 is 1.71 bits per heavy atom.